The Balaban J connectivity index is 0.00000261. The summed E-state index contributed by atoms with van der Waals surface area (Å²) in [5, 5.41) is 7.79. The minimum atomic E-state index is 0. The van der Waals surface area contributed by atoms with Crippen molar-refractivity contribution in [2.24, 2.45) is 4.99 Å². The molecule has 1 aromatic carbocycles. The van der Waals surface area contributed by atoms with E-state index < -0.39 is 0 Å². The smallest absolute Gasteiger partial charge is 0.191 e. The Morgan fingerprint density at radius 2 is 1.96 bits per heavy atom. The van der Waals surface area contributed by atoms with Crippen LogP contribution in [0.25, 0.3) is 0 Å². The molecular weight excluding hydrogens is 471 g/mol. The first-order valence-corrected chi connectivity index (χ1v) is 10.2. The normalized spacial score (nSPS) is 14.7. The predicted molar refractivity (Wildman–Crippen MR) is 123 cm³/mol. The second-order valence-electron chi connectivity index (χ2n) is 6.49. The van der Waals surface area contributed by atoms with E-state index in [9.17, 15) is 0 Å². The second-order valence-corrected chi connectivity index (χ2v) is 7.68. The Bertz CT molecular complexity index is 728. The SMILES string of the molecule is CCc1cnc(CNC(=NC)NCc2ccccc2OC2CCCC2)s1.I. The molecule has 2 N–H and O–H groups in total. The van der Waals surface area contributed by atoms with Crippen LogP contribution in [0.15, 0.2) is 35.5 Å². The van der Waals surface area contributed by atoms with Crippen molar-refractivity contribution < 1.29 is 4.74 Å². The average Bonchev–Trinajstić information content (AvgIpc) is 3.34. The Morgan fingerprint density at radius 1 is 1.22 bits per heavy atom. The summed E-state index contributed by atoms with van der Waals surface area (Å²) in [4.78, 5) is 10.1. The number of nitrogens with zero attached hydrogens (tertiary/aromatic N) is 2. The second kappa shape index (κ2) is 11.5. The van der Waals surface area contributed by atoms with E-state index in [0.717, 1.165) is 28.7 Å². The van der Waals surface area contributed by atoms with E-state index in [1.807, 2.05) is 12.3 Å². The first-order valence-electron chi connectivity index (χ1n) is 9.41. The summed E-state index contributed by atoms with van der Waals surface area (Å²) in [6.07, 6.45) is 8.23. The Hall–Kier alpha value is -1.35. The molecule has 3 rings (SSSR count). The predicted octanol–water partition coefficient (Wildman–Crippen LogP) is 4.51. The molecule has 0 bridgehead atoms. The van der Waals surface area contributed by atoms with Crippen molar-refractivity contribution in [1.82, 2.24) is 15.6 Å². The fourth-order valence-corrected chi connectivity index (χ4v) is 3.90. The number of guanidine groups is 1. The zero-order chi connectivity index (χ0) is 18.2. The van der Waals surface area contributed by atoms with Gasteiger partial charge in [-0.05, 0) is 38.2 Å². The summed E-state index contributed by atoms with van der Waals surface area (Å²) in [6.45, 7) is 3.52. The standard InChI is InChI=1S/C20H28N4OS.HI/c1-3-17-13-22-19(26-17)14-24-20(21-2)23-12-15-8-4-7-11-18(15)25-16-9-5-6-10-16;/h4,7-8,11,13,16H,3,5-6,9-10,12,14H2,1-2H3,(H2,21,23,24);1H. The van der Waals surface area contributed by atoms with Crippen molar-refractivity contribution in [3.63, 3.8) is 0 Å². The maximum atomic E-state index is 6.21. The van der Waals surface area contributed by atoms with Crippen LogP contribution in [0.4, 0.5) is 0 Å². The van der Waals surface area contributed by atoms with Gasteiger partial charge in [0.05, 0.1) is 12.6 Å². The van der Waals surface area contributed by atoms with Gasteiger partial charge in [0.1, 0.15) is 10.8 Å². The van der Waals surface area contributed by atoms with Gasteiger partial charge in [-0.2, -0.15) is 0 Å². The summed E-state index contributed by atoms with van der Waals surface area (Å²) in [6, 6.07) is 8.26. The molecular formula is C20H29IN4OS. The van der Waals surface area contributed by atoms with Crippen LogP contribution in [0, 0.1) is 0 Å². The first kappa shape index (κ1) is 21.9. The number of nitrogens with one attached hydrogen (secondary N) is 2. The lowest BCUT2D eigenvalue weighted by Gasteiger charge is -2.17. The maximum absolute atomic E-state index is 6.21. The molecule has 1 fully saturated rings. The molecule has 0 amide bonds. The molecule has 1 aliphatic rings. The van der Waals surface area contributed by atoms with E-state index in [0.29, 0.717) is 19.2 Å². The Kier molecular flexibility index (Phi) is 9.33. The molecule has 0 atom stereocenters. The van der Waals surface area contributed by atoms with E-state index in [1.165, 1.54) is 30.6 Å². The molecule has 5 nitrogen and oxygen atoms in total. The lowest BCUT2D eigenvalue weighted by Crippen LogP contribution is -2.36. The van der Waals surface area contributed by atoms with Crippen molar-refractivity contribution >= 4 is 41.3 Å². The third-order valence-electron chi connectivity index (χ3n) is 4.60. The number of benzene rings is 1. The van der Waals surface area contributed by atoms with Crippen LogP contribution in [0.3, 0.4) is 0 Å². The number of halogens is 1. The number of ether oxygens (including phenoxy) is 1. The molecule has 0 spiro atoms. The number of rotatable bonds is 7. The molecule has 2 aromatic rings. The van der Waals surface area contributed by atoms with E-state index >= 15 is 0 Å². The molecule has 0 unspecified atom stereocenters. The van der Waals surface area contributed by atoms with Gasteiger partial charge in [0.2, 0.25) is 0 Å². The van der Waals surface area contributed by atoms with Crippen molar-refractivity contribution in [1.29, 1.82) is 0 Å². The van der Waals surface area contributed by atoms with Gasteiger partial charge in [-0.3, -0.25) is 4.99 Å². The molecule has 1 aromatic heterocycles. The number of aromatic nitrogens is 1. The fourth-order valence-electron chi connectivity index (χ4n) is 3.10. The highest BCUT2D eigenvalue weighted by atomic mass is 127. The summed E-state index contributed by atoms with van der Waals surface area (Å²) < 4.78 is 6.21. The minimum Gasteiger partial charge on any atom is -0.490 e. The fraction of sp³-hybridized carbons (Fsp3) is 0.500. The summed E-state index contributed by atoms with van der Waals surface area (Å²) >= 11 is 1.74. The maximum Gasteiger partial charge on any atom is 0.191 e. The number of para-hydroxylation sites is 1. The molecule has 0 aliphatic heterocycles. The van der Waals surface area contributed by atoms with Crippen LogP contribution in [-0.4, -0.2) is 24.1 Å². The van der Waals surface area contributed by atoms with Gasteiger partial charge in [0.25, 0.3) is 0 Å². The third-order valence-corrected chi connectivity index (χ3v) is 5.74. The number of hydrogen-bond donors (Lipinski definition) is 2. The zero-order valence-corrected chi connectivity index (χ0v) is 19.2. The number of aryl methyl sites for hydroxylation is 1. The summed E-state index contributed by atoms with van der Waals surface area (Å²) in [5.74, 6) is 1.75. The Morgan fingerprint density at radius 3 is 2.67 bits per heavy atom. The first-order chi connectivity index (χ1) is 12.8. The summed E-state index contributed by atoms with van der Waals surface area (Å²) in [7, 11) is 1.79. The van der Waals surface area contributed by atoms with E-state index in [-0.39, 0.29) is 24.0 Å². The van der Waals surface area contributed by atoms with Crippen molar-refractivity contribution in [2.75, 3.05) is 7.05 Å². The van der Waals surface area contributed by atoms with Gasteiger partial charge in [-0.15, -0.1) is 35.3 Å². The van der Waals surface area contributed by atoms with Gasteiger partial charge in [-0.25, -0.2) is 4.98 Å². The molecule has 1 saturated carbocycles. The average molecular weight is 500 g/mol. The molecule has 148 valence electrons. The Labute approximate surface area is 183 Å². The largest absolute Gasteiger partial charge is 0.490 e. The van der Waals surface area contributed by atoms with Gasteiger partial charge in [0.15, 0.2) is 5.96 Å². The van der Waals surface area contributed by atoms with Crippen molar-refractivity contribution in [3.05, 3.63) is 45.9 Å². The molecule has 27 heavy (non-hydrogen) atoms. The monoisotopic (exact) mass is 500 g/mol. The highest BCUT2D eigenvalue weighted by Gasteiger charge is 2.17. The number of hydrogen-bond acceptors (Lipinski definition) is 4. The van der Waals surface area contributed by atoms with Gasteiger partial charge in [-0.1, -0.05) is 25.1 Å². The lowest BCUT2D eigenvalue weighted by molar-refractivity contribution is 0.208. The summed E-state index contributed by atoms with van der Waals surface area (Å²) in [5.41, 5.74) is 1.16. The van der Waals surface area contributed by atoms with Gasteiger partial charge >= 0.3 is 0 Å². The van der Waals surface area contributed by atoms with E-state index in [1.54, 1.807) is 18.4 Å². The zero-order valence-electron chi connectivity index (χ0n) is 16.0. The number of thiazole rings is 1. The van der Waals surface area contributed by atoms with E-state index in [2.05, 4.69) is 45.7 Å². The van der Waals surface area contributed by atoms with Crippen LogP contribution < -0.4 is 15.4 Å². The van der Waals surface area contributed by atoms with Crippen molar-refractivity contribution in [3.8, 4) is 5.75 Å². The highest BCUT2D eigenvalue weighted by molar-refractivity contribution is 14.0. The van der Waals surface area contributed by atoms with Crippen LogP contribution >= 0.6 is 35.3 Å². The molecule has 0 radical (unpaired) electrons. The van der Waals surface area contributed by atoms with Crippen molar-refractivity contribution in [2.45, 2.75) is 58.2 Å². The van der Waals surface area contributed by atoms with Crippen LogP contribution in [0.2, 0.25) is 0 Å². The topological polar surface area (TPSA) is 58.5 Å². The van der Waals surface area contributed by atoms with E-state index in [4.69, 9.17) is 4.74 Å². The van der Waals surface area contributed by atoms with Gasteiger partial charge in [0, 0.05) is 30.2 Å². The molecule has 0 saturated heterocycles. The number of aliphatic imine (C=N–C) groups is 1. The third kappa shape index (κ3) is 6.64. The molecule has 7 heteroatoms. The lowest BCUT2D eigenvalue weighted by atomic mass is 10.2. The minimum absolute atomic E-state index is 0. The highest BCUT2D eigenvalue weighted by Crippen LogP contribution is 2.26. The van der Waals surface area contributed by atoms with Crippen LogP contribution in [0.1, 0.15) is 48.1 Å². The quantitative estimate of drug-likeness (QED) is 0.334. The molecule has 1 heterocycles. The molecule has 1 aliphatic carbocycles. The van der Waals surface area contributed by atoms with Gasteiger partial charge < -0.3 is 15.4 Å². The van der Waals surface area contributed by atoms with Crippen LogP contribution in [-0.2, 0) is 19.5 Å². The van der Waals surface area contributed by atoms with Crippen LogP contribution in [0.5, 0.6) is 5.75 Å².